The Morgan fingerprint density at radius 1 is 0.750 bits per heavy atom. The molecule has 3 aromatic carbocycles. The predicted octanol–water partition coefficient (Wildman–Crippen LogP) is 4.63. The predicted molar refractivity (Wildman–Crippen MR) is 103 cm³/mol. The van der Waals surface area contributed by atoms with Crippen molar-refractivity contribution < 1.29 is 45.9 Å². The zero-order valence-corrected chi connectivity index (χ0v) is 17.2. The Hall–Kier alpha value is -1.98. The molecule has 28 heavy (non-hydrogen) atoms. The van der Waals surface area contributed by atoms with Crippen molar-refractivity contribution in [1.29, 1.82) is 0 Å². The number of benzene rings is 3. The van der Waals surface area contributed by atoms with Gasteiger partial charge in [-0.2, -0.15) is 0 Å². The summed E-state index contributed by atoms with van der Waals surface area (Å²) in [6.07, 6.45) is 0. The van der Waals surface area contributed by atoms with Crippen LogP contribution in [0.1, 0.15) is 21.5 Å². The minimum absolute atomic E-state index is 0. The molecule has 0 aliphatic carbocycles. The van der Waals surface area contributed by atoms with Crippen molar-refractivity contribution in [3.8, 4) is 0 Å². The normalized spacial score (nSPS) is 10.9. The smallest absolute Gasteiger partial charge is 0.361 e. The van der Waals surface area contributed by atoms with Crippen LogP contribution in [-0.2, 0) is 49.2 Å². The quantitative estimate of drug-likeness (QED) is 0.368. The van der Waals surface area contributed by atoms with Crippen LogP contribution < -0.4 is 5.30 Å². The Bertz CT molecular complexity index is 883. The van der Waals surface area contributed by atoms with Crippen molar-refractivity contribution in [2.45, 2.75) is 13.2 Å². The van der Waals surface area contributed by atoms with Gasteiger partial charge < -0.3 is 14.2 Å². The summed E-state index contributed by atoms with van der Waals surface area (Å²) in [5.41, 5.74) is 1.84. The van der Waals surface area contributed by atoms with Crippen LogP contribution in [0.15, 0.2) is 84.9 Å². The van der Waals surface area contributed by atoms with Gasteiger partial charge in [0.05, 0.1) is 24.1 Å². The van der Waals surface area contributed by atoms with Crippen LogP contribution in [0.4, 0.5) is 0 Å². The van der Waals surface area contributed by atoms with Gasteiger partial charge in [-0.3, -0.25) is 4.57 Å². The van der Waals surface area contributed by atoms with E-state index in [0.29, 0.717) is 5.30 Å². The monoisotopic (exact) mass is 489 g/mol. The van der Waals surface area contributed by atoms with Gasteiger partial charge in [-0.25, -0.2) is 4.79 Å². The molecule has 3 aromatic rings. The number of carbonyl (C=O) groups is 1. The summed E-state index contributed by atoms with van der Waals surface area (Å²) in [6, 6.07) is 24.5. The number of hydrogen-bond acceptors (Lipinski definition) is 4. The first-order chi connectivity index (χ1) is 13.1. The second-order valence-electron chi connectivity index (χ2n) is 5.87. The molecule has 0 saturated carbocycles. The van der Waals surface area contributed by atoms with E-state index in [0.717, 1.165) is 11.1 Å². The van der Waals surface area contributed by atoms with Gasteiger partial charge in [0.25, 0.3) is 0 Å². The molecular formula is C21H19AgO5P. The number of carboxylic acids is 1. The molecule has 149 valence electrons. The summed E-state index contributed by atoms with van der Waals surface area (Å²) in [6.45, 7) is 0.237. The molecular weight excluding hydrogens is 471 g/mol. The van der Waals surface area contributed by atoms with E-state index in [1.54, 1.807) is 0 Å². The molecule has 0 bridgehead atoms. The van der Waals surface area contributed by atoms with E-state index < -0.39 is 13.6 Å². The van der Waals surface area contributed by atoms with Crippen molar-refractivity contribution in [3.05, 3.63) is 102 Å². The molecule has 0 unspecified atom stereocenters. The summed E-state index contributed by atoms with van der Waals surface area (Å²) < 4.78 is 24.9. The fourth-order valence-corrected chi connectivity index (χ4v) is 3.97. The van der Waals surface area contributed by atoms with Crippen LogP contribution in [0, 0.1) is 0 Å². The van der Waals surface area contributed by atoms with Gasteiger partial charge in [-0.15, -0.1) is 0 Å². The first-order valence-corrected chi connectivity index (χ1v) is 9.92. The molecule has 0 spiro atoms. The molecule has 0 heterocycles. The molecule has 0 fully saturated rings. The maximum absolute atomic E-state index is 13.5. The maximum Gasteiger partial charge on any atom is 0.361 e. The Kier molecular flexibility index (Phi) is 8.39. The fourth-order valence-electron chi connectivity index (χ4n) is 2.44. The molecule has 1 N–H and O–H groups in total. The zero-order valence-electron chi connectivity index (χ0n) is 14.8. The number of rotatable bonds is 8. The average Bonchev–Trinajstić information content (AvgIpc) is 2.72. The molecule has 0 aromatic heterocycles. The van der Waals surface area contributed by atoms with Crippen molar-refractivity contribution in [2.24, 2.45) is 0 Å². The molecule has 7 heteroatoms. The van der Waals surface area contributed by atoms with Gasteiger partial charge >= 0.3 is 13.6 Å². The fraction of sp³-hybridized carbons (Fsp3) is 0.0952. The van der Waals surface area contributed by atoms with E-state index in [1.165, 1.54) is 24.3 Å². The van der Waals surface area contributed by atoms with Gasteiger partial charge in [0.15, 0.2) is 0 Å². The third-order valence-corrected chi connectivity index (χ3v) is 5.79. The van der Waals surface area contributed by atoms with Gasteiger partial charge in [-0.1, -0.05) is 60.7 Å². The third-order valence-electron chi connectivity index (χ3n) is 3.92. The molecule has 0 amide bonds. The maximum atomic E-state index is 13.5. The minimum atomic E-state index is -3.65. The Balaban J connectivity index is 0.00000280. The molecule has 0 saturated heterocycles. The summed E-state index contributed by atoms with van der Waals surface area (Å²) >= 11 is 0. The third kappa shape index (κ3) is 6.01. The van der Waals surface area contributed by atoms with Crippen LogP contribution in [0.5, 0.6) is 0 Å². The first-order valence-electron chi connectivity index (χ1n) is 8.38. The number of carboxylic acid groups (broad SMARTS) is 1. The molecule has 5 nitrogen and oxygen atoms in total. The van der Waals surface area contributed by atoms with E-state index in [4.69, 9.17) is 14.2 Å². The SMILES string of the molecule is O=C(O)c1ccc(P(=O)(OCc2ccccc2)OCc2ccccc2)cc1.[Ag]. The molecule has 0 aliphatic heterocycles. The van der Waals surface area contributed by atoms with Gasteiger partial charge in [0.2, 0.25) is 0 Å². The second-order valence-corrected chi connectivity index (χ2v) is 7.90. The van der Waals surface area contributed by atoms with Gasteiger partial charge in [0.1, 0.15) is 0 Å². The first kappa shape index (κ1) is 22.3. The van der Waals surface area contributed by atoms with Crippen molar-refractivity contribution in [2.75, 3.05) is 0 Å². The zero-order chi connectivity index (χ0) is 19.1. The van der Waals surface area contributed by atoms with Gasteiger partial charge in [-0.05, 0) is 35.4 Å². The summed E-state index contributed by atoms with van der Waals surface area (Å²) in [7, 11) is -3.65. The Labute approximate surface area is 179 Å². The minimum Gasteiger partial charge on any atom is -0.478 e. The van der Waals surface area contributed by atoms with Crippen molar-refractivity contribution >= 4 is 18.9 Å². The Morgan fingerprint density at radius 2 is 1.18 bits per heavy atom. The summed E-state index contributed by atoms with van der Waals surface area (Å²) in [5, 5.41) is 9.37. The summed E-state index contributed by atoms with van der Waals surface area (Å²) in [4.78, 5) is 11.1. The van der Waals surface area contributed by atoms with Crippen molar-refractivity contribution in [3.63, 3.8) is 0 Å². The number of hydrogen-bond donors (Lipinski definition) is 1. The van der Waals surface area contributed by atoms with E-state index in [1.807, 2.05) is 60.7 Å². The largest absolute Gasteiger partial charge is 0.478 e. The molecule has 0 atom stereocenters. The average molecular weight is 490 g/mol. The van der Waals surface area contributed by atoms with Crippen LogP contribution in [0.3, 0.4) is 0 Å². The van der Waals surface area contributed by atoms with Crippen molar-refractivity contribution in [1.82, 2.24) is 0 Å². The molecule has 0 aliphatic rings. The molecule has 1 radical (unpaired) electrons. The van der Waals surface area contributed by atoms with E-state index in [2.05, 4.69) is 0 Å². The van der Waals surface area contributed by atoms with Crippen LogP contribution in [0.2, 0.25) is 0 Å². The van der Waals surface area contributed by atoms with Crippen LogP contribution in [0.25, 0.3) is 0 Å². The number of aromatic carboxylic acids is 1. The van der Waals surface area contributed by atoms with Crippen LogP contribution in [-0.4, -0.2) is 11.1 Å². The second kappa shape index (κ2) is 10.5. The Morgan fingerprint density at radius 3 is 1.57 bits per heavy atom. The standard InChI is InChI=1S/C21H19O5P.Ag/c22-21(23)19-11-13-20(14-12-19)27(24,25-15-17-7-3-1-4-8-17)26-16-18-9-5-2-6-10-18;/h1-14H,15-16H2,(H,22,23);. The van der Waals surface area contributed by atoms with E-state index >= 15 is 0 Å². The van der Waals surface area contributed by atoms with Crippen LogP contribution >= 0.6 is 7.60 Å². The van der Waals surface area contributed by atoms with E-state index in [9.17, 15) is 9.36 Å². The topological polar surface area (TPSA) is 72.8 Å². The molecule has 3 rings (SSSR count). The summed E-state index contributed by atoms with van der Waals surface area (Å²) in [5.74, 6) is -1.05. The van der Waals surface area contributed by atoms with E-state index in [-0.39, 0.29) is 41.2 Å². The van der Waals surface area contributed by atoms with Gasteiger partial charge in [0, 0.05) is 22.4 Å².